The van der Waals surface area contributed by atoms with Crippen molar-refractivity contribution in [1.29, 1.82) is 0 Å². The highest BCUT2D eigenvalue weighted by molar-refractivity contribution is 6.35. The van der Waals surface area contributed by atoms with Gasteiger partial charge in [-0.2, -0.15) is 0 Å². The standard InChI is InChI=1S/C28H33Cl2N5O4/c1-32(2)27(36)35-13-11-34(12-14-35)23-6-3-21(4-7-23)16-37-24-17-38-28(39-18-24,19-33-10-9-31-20-33)25-8-5-22(29)15-26(25)30/h3-10,15,20,24H,11-14,16-19H2,1-2H3. The van der Waals surface area contributed by atoms with Crippen molar-refractivity contribution in [3.8, 4) is 0 Å². The van der Waals surface area contributed by atoms with Gasteiger partial charge < -0.3 is 33.5 Å². The van der Waals surface area contributed by atoms with Gasteiger partial charge in [0, 0.05) is 68.9 Å². The van der Waals surface area contributed by atoms with Gasteiger partial charge in [0.1, 0.15) is 6.10 Å². The molecule has 39 heavy (non-hydrogen) atoms. The van der Waals surface area contributed by atoms with Crippen LogP contribution in [0.1, 0.15) is 11.1 Å². The zero-order valence-electron chi connectivity index (χ0n) is 22.1. The molecule has 9 nitrogen and oxygen atoms in total. The number of rotatable bonds is 7. The molecule has 5 rings (SSSR count). The van der Waals surface area contributed by atoms with E-state index in [0.717, 1.165) is 24.3 Å². The van der Waals surface area contributed by atoms with E-state index in [1.165, 1.54) is 0 Å². The van der Waals surface area contributed by atoms with Gasteiger partial charge in [0.25, 0.3) is 0 Å². The molecule has 3 heterocycles. The number of nitrogens with zero attached hydrogens (tertiary/aromatic N) is 5. The lowest BCUT2D eigenvalue weighted by Gasteiger charge is -2.41. The van der Waals surface area contributed by atoms with Crippen LogP contribution in [0.2, 0.25) is 10.0 Å². The normalized spacial score (nSPS) is 21.7. The van der Waals surface area contributed by atoms with Gasteiger partial charge >= 0.3 is 6.03 Å². The van der Waals surface area contributed by atoms with Gasteiger partial charge in [0.2, 0.25) is 5.79 Å². The number of anilines is 1. The summed E-state index contributed by atoms with van der Waals surface area (Å²) < 4.78 is 20.7. The van der Waals surface area contributed by atoms with Gasteiger partial charge in [-0.25, -0.2) is 9.78 Å². The Labute approximate surface area is 238 Å². The van der Waals surface area contributed by atoms with Crippen LogP contribution in [0.5, 0.6) is 0 Å². The first-order chi connectivity index (χ1) is 18.8. The Morgan fingerprint density at radius 2 is 1.79 bits per heavy atom. The van der Waals surface area contributed by atoms with Crippen LogP contribution in [0.15, 0.2) is 61.2 Å². The summed E-state index contributed by atoms with van der Waals surface area (Å²) in [7, 11) is 3.57. The number of amides is 2. The molecule has 1 aromatic heterocycles. The summed E-state index contributed by atoms with van der Waals surface area (Å²) in [5, 5.41) is 1.03. The van der Waals surface area contributed by atoms with Crippen LogP contribution in [-0.4, -0.2) is 85.0 Å². The van der Waals surface area contributed by atoms with Crippen LogP contribution in [-0.2, 0) is 33.1 Å². The largest absolute Gasteiger partial charge is 0.369 e. The summed E-state index contributed by atoms with van der Waals surface area (Å²) in [5.41, 5.74) is 2.92. The predicted molar refractivity (Wildman–Crippen MR) is 150 cm³/mol. The van der Waals surface area contributed by atoms with Crippen molar-refractivity contribution in [2.24, 2.45) is 0 Å². The van der Waals surface area contributed by atoms with Gasteiger partial charge in [-0.1, -0.05) is 41.4 Å². The van der Waals surface area contributed by atoms with Crippen LogP contribution in [0.3, 0.4) is 0 Å². The smallest absolute Gasteiger partial charge is 0.319 e. The lowest BCUT2D eigenvalue weighted by Crippen LogP contribution is -2.51. The molecule has 0 saturated carbocycles. The molecule has 0 spiro atoms. The van der Waals surface area contributed by atoms with Crippen molar-refractivity contribution < 1.29 is 19.0 Å². The second kappa shape index (κ2) is 12.1. The Kier molecular flexibility index (Phi) is 8.64. The topological polar surface area (TPSA) is 72.3 Å². The number of hydrogen-bond donors (Lipinski definition) is 0. The number of carbonyl (C=O) groups excluding carboxylic acids is 1. The summed E-state index contributed by atoms with van der Waals surface area (Å²) in [5.74, 6) is -1.08. The molecule has 0 unspecified atom stereocenters. The van der Waals surface area contributed by atoms with E-state index in [1.54, 1.807) is 43.7 Å². The second-order valence-corrected chi connectivity index (χ2v) is 10.8. The van der Waals surface area contributed by atoms with E-state index in [1.807, 2.05) is 21.7 Å². The Morgan fingerprint density at radius 3 is 2.41 bits per heavy atom. The number of benzene rings is 2. The lowest BCUT2D eigenvalue weighted by atomic mass is 10.0. The number of aromatic nitrogens is 2. The third-order valence-electron chi connectivity index (χ3n) is 7.02. The van der Waals surface area contributed by atoms with Crippen molar-refractivity contribution in [2.45, 2.75) is 25.0 Å². The third kappa shape index (κ3) is 6.50. The molecule has 0 aliphatic carbocycles. The highest BCUT2D eigenvalue weighted by Crippen LogP contribution is 2.38. The predicted octanol–water partition coefficient (Wildman–Crippen LogP) is 4.48. The number of ether oxygens (including phenoxy) is 3. The first-order valence-electron chi connectivity index (χ1n) is 12.9. The summed E-state index contributed by atoms with van der Waals surface area (Å²) in [4.78, 5) is 22.1. The second-order valence-electron chi connectivity index (χ2n) is 9.98. The summed E-state index contributed by atoms with van der Waals surface area (Å²) in [6.45, 7) is 4.58. The van der Waals surface area contributed by atoms with E-state index in [9.17, 15) is 4.79 Å². The average molecular weight is 575 g/mol. The van der Waals surface area contributed by atoms with Crippen molar-refractivity contribution in [3.05, 3.63) is 82.4 Å². The Morgan fingerprint density at radius 1 is 1.08 bits per heavy atom. The molecule has 0 radical (unpaired) electrons. The fourth-order valence-corrected chi connectivity index (χ4v) is 5.40. The quantitative estimate of drug-likeness (QED) is 0.415. The van der Waals surface area contributed by atoms with E-state index < -0.39 is 5.79 Å². The number of hydrogen-bond acceptors (Lipinski definition) is 6. The lowest BCUT2D eigenvalue weighted by molar-refractivity contribution is -0.313. The third-order valence-corrected chi connectivity index (χ3v) is 7.56. The molecule has 208 valence electrons. The van der Waals surface area contributed by atoms with Crippen molar-refractivity contribution >= 4 is 34.9 Å². The molecule has 2 saturated heterocycles. The van der Waals surface area contributed by atoms with Gasteiger partial charge in [0.15, 0.2) is 0 Å². The molecule has 3 aromatic rings. The highest BCUT2D eigenvalue weighted by atomic mass is 35.5. The van der Waals surface area contributed by atoms with Crippen molar-refractivity contribution in [3.63, 3.8) is 0 Å². The fourth-order valence-electron chi connectivity index (χ4n) is 4.85. The SMILES string of the molecule is CN(C)C(=O)N1CCN(c2ccc(COC3COC(Cn4ccnc4)(c4ccc(Cl)cc4Cl)OC3)cc2)CC1. The maximum Gasteiger partial charge on any atom is 0.319 e. The Bertz CT molecular complexity index is 1240. The van der Waals surface area contributed by atoms with Crippen LogP contribution < -0.4 is 4.90 Å². The van der Waals surface area contributed by atoms with Crippen molar-refractivity contribution in [2.75, 3.05) is 58.4 Å². The molecule has 11 heteroatoms. The number of imidazole rings is 1. The van der Waals surface area contributed by atoms with Crippen molar-refractivity contribution in [1.82, 2.24) is 19.4 Å². The van der Waals surface area contributed by atoms with Crippen LogP contribution in [0.25, 0.3) is 0 Å². The molecule has 0 bridgehead atoms. The summed E-state index contributed by atoms with van der Waals surface area (Å²) in [6.07, 6.45) is 5.05. The minimum absolute atomic E-state index is 0.0630. The summed E-state index contributed by atoms with van der Waals surface area (Å²) >= 11 is 12.7. The van der Waals surface area contributed by atoms with Crippen LogP contribution in [0.4, 0.5) is 10.5 Å². The first-order valence-corrected chi connectivity index (χ1v) is 13.7. The zero-order chi connectivity index (χ0) is 27.4. The Hall–Kier alpha value is -2.82. The average Bonchev–Trinajstić information content (AvgIpc) is 3.45. The van der Waals surface area contributed by atoms with Gasteiger partial charge in [-0.05, 0) is 29.8 Å². The number of urea groups is 1. The highest BCUT2D eigenvalue weighted by Gasteiger charge is 2.42. The number of piperazine rings is 1. The minimum Gasteiger partial charge on any atom is -0.369 e. The number of carbonyl (C=O) groups is 1. The fraction of sp³-hybridized carbons (Fsp3) is 0.429. The van der Waals surface area contributed by atoms with E-state index in [0.29, 0.717) is 55.1 Å². The molecule has 2 aromatic carbocycles. The molecular formula is C28H33Cl2N5O4. The maximum atomic E-state index is 12.2. The van der Waals surface area contributed by atoms with Gasteiger partial charge in [0.05, 0.1) is 37.7 Å². The van der Waals surface area contributed by atoms with Crippen LogP contribution >= 0.6 is 23.2 Å². The molecule has 0 atom stereocenters. The molecular weight excluding hydrogens is 541 g/mol. The Balaban J connectivity index is 1.15. The number of halogens is 2. The van der Waals surface area contributed by atoms with E-state index in [2.05, 4.69) is 34.1 Å². The monoisotopic (exact) mass is 573 g/mol. The minimum atomic E-state index is -1.08. The van der Waals surface area contributed by atoms with E-state index in [4.69, 9.17) is 37.4 Å². The van der Waals surface area contributed by atoms with E-state index in [-0.39, 0.29) is 12.1 Å². The van der Waals surface area contributed by atoms with Gasteiger partial charge in [-0.15, -0.1) is 0 Å². The zero-order valence-corrected chi connectivity index (χ0v) is 23.6. The molecule has 2 amide bonds. The first kappa shape index (κ1) is 27.7. The maximum absolute atomic E-state index is 12.2. The molecule has 0 N–H and O–H groups in total. The summed E-state index contributed by atoms with van der Waals surface area (Å²) in [6, 6.07) is 13.7. The molecule has 2 aliphatic heterocycles. The molecule has 2 fully saturated rings. The van der Waals surface area contributed by atoms with E-state index >= 15 is 0 Å². The molecule has 2 aliphatic rings. The van der Waals surface area contributed by atoms with Crippen LogP contribution in [0, 0.1) is 0 Å². The van der Waals surface area contributed by atoms with Gasteiger partial charge in [-0.3, -0.25) is 0 Å².